The van der Waals surface area contributed by atoms with Crippen LogP contribution in [0.2, 0.25) is 0 Å². The Morgan fingerprint density at radius 1 is 1.07 bits per heavy atom. The monoisotopic (exact) mass is 366 g/mol. The van der Waals surface area contributed by atoms with Crippen LogP contribution in [-0.4, -0.2) is 34.2 Å². The molecule has 142 valence electrons. The third-order valence-corrected chi connectivity index (χ3v) is 5.81. The number of hydrogen-bond acceptors (Lipinski definition) is 2. The molecule has 1 atom stereocenters. The summed E-state index contributed by atoms with van der Waals surface area (Å²) in [5.74, 6) is -0.169. The van der Waals surface area contributed by atoms with Crippen molar-refractivity contribution in [2.75, 3.05) is 19.6 Å². The number of benzene rings is 2. The van der Waals surface area contributed by atoms with E-state index in [1.165, 1.54) is 16.5 Å². The molecule has 1 saturated heterocycles. The molecule has 27 heavy (non-hydrogen) atoms. The Bertz CT molecular complexity index is 892. The van der Waals surface area contributed by atoms with Gasteiger partial charge in [-0.3, -0.25) is 0 Å². The summed E-state index contributed by atoms with van der Waals surface area (Å²) in [6, 6.07) is 15.8. The zero-order chi connectivity index (χ0) is 18.8. The van der Waals surface area contributed by atoms with Gasteiger partial charge in [-0.05, 0) is 67.0 Å². The Kier molecular flexibility index (Phi) is 5.28. The van der Waals surface area contributed by atoms with E-state index in [9.17, 15) is 9.50 Å². The second-order valence-corrected chi connectivity index (χ2v) is 7.67. The first kappa shape index (κ1) is 18.2. The van der Waals surface area contributed by atoms with E-state index in [4.69, 9.17) is 0 Å². The van der Waals surface area contributed by atoms with Crippen LogP contribution in [-0.2, 0) is 6.42 Å². The maximum absolute atomic E-state index is 13.0. The Labute approximate surface area is 160 Å². The number of aliphatic hydroxyl groups is 1. The number of nitrogens with zero attached hydrogens (tertiary/aromatic N) is 2. The van der Waals surface area contributed by atoms with E-state index in [1.54, 1.807) is 12.1 Å². The van der Waals surface area contributed by atoms with Crippen molar-refractivity contribution in [1.82, 2.24) is 9.47 Å². The first-order valence-electron chi connectivity index (χ1n) is 9.85. The van der Waals surface area contributed by atoms with E-state index in [0.717, 1.165) is 44.5 Å². The molecule has 1 N–H and O–H groups in total. The van der Waals surface area contributed by atoms with Crippen LogP contribution in [0.5, 0.6) is 0 Å². The maximum Gasteiger partial charge on any atom is 0.123 e. The lowest BCUT2D eigenvalue weighted by molar-refractivity contribution is 0.190. The number of hydrogen-bond donors (Lipinski definition) is 1. The first-order chi connectivity index (χ1) is 13.1. The van der Waals surface area contributed by atoms with E-state index in [1.807, 2.05) is 25.1 Å². The van der Waals surface area contributed by atoms with Crippen LogP contribution in [0.15, 0.2) is 54.7 Å². The second-order valence-electron chi connectivity index (χ2n) is 7.67. The van der Waals surface area contributed by atoms with Gasteiger partial charge in [0.05, 0.1) is 6.10 Å². The van der Waals surface area contributed by atoms with Crippen molar-refractivity contribution in [1.29, 1.82) is 0 Å². The predicted octanol–water partition coefficient (Wildman–Crippen LogP) is 4.71. The molecule has 1 fully saturated rings. The van der Waals surface area contributed by atoms with Gasteiger partial charge in [0.25, 0.3) is 0 Å². The minimum atomic E-state index is -0.439. The van der Waals surface area contributed by atoms with Crippen LogP contribution in [0.25, 0.3) is 10.9 Å². The predicted molar refractivity (Wildman–Crippen MR) is 107 cm³/mol. The zero-order valence-electron chi connectivity index (χ0n) is 15.8. The van der Waals surface area contributed by atoms with Crippen molar-refractivity contribution in [3.05, 3.63) is 71.7 Å². The minimum absolute atomic E-state index is 0.169. The van der Waals surface area contributed by atoms with Gasteiger partial charge >= 0.3 is 0 Å². The topological polar surface area (TPSA) is 28.4 Å². The zero-order valence-corrected chi connectivity index (χ0v) is 15.8. The van der Waals surface area contributed by atoms with Crippen molar-refractivity contribution in [2.24, 2.45) is 0 Å². The normalized spacial score (nSPS) is 17.4. The van der Waals surface area contributed by atoms with Crippen LogP contribution in [0.4, 0.5) is 4.39 Å². The molecular formula is C23H27FN2O. The summed E-state index contributed by atoms with van der Waals surface area (Å²) < 4.78 is 15.4. The standard InChI is InChI=1S/C23H27FN2O/c1-17(27)20-5-4-19-9-15-26(23(19)16-20)22-10-13-25(14-11-22)12-8-18-2-6-21(24)7-3-18/h2-7,9,15-17,22,27H,8,10-14H2,1H3. The van der Waals surface area contributed by atoms with Crippen molar-refractivity contribution in [3.63, 3.8) is 0 Å². The van der Waals surface area contributed by atoms with Crippen LogP contribution in [0.3, 0.4) is 0 Å². The molecular weight excluding hydrogens is 339 g/mol. The van der Waals surface area contributed by atoms with Gasteiger partial charge in [0, 0.05) is 37.4 Å². The number of aromatic nitrogens is 1. The molecule has 0 bridgehead atoms. The Hall–Kier alpha value is -2.17. The molecule has 0 aliphatic carbocycles. The maximum atomic E-state index is 13.0. The fraction of sp³-hybridized carbons (Fsp3) is 0.391. The largest absolute Gasteiger partial charge is 0.389 e. The van der Waals surface area contributed by atoms with Crippen LogP contribution in [0, 0.1) is 5.82 Å². The van der Waals surface area contributed by atoms with Crippen molar-refractivity contribution >= 4 is 10.9 Å². The molecule has 0 spiro atoms. The van der Waals surface area contributed by atoms with Crippen molar-refractivity contribution < 1.29 is 9.50 Å². The first-order valence-corrected chi connectivity index (χ1v) is 9.85. The van der Waals surface area contributed by atoms with Gasteiger partial charge in [0.2, 0.25) is 0 Å². The number of piperidine rings is 1. The van der Waals surface area contributed by atoms with Crippen molar-refractivity contribution in [2.45, 2.75) is 38.3 Å². The fourth-order valence-electron chi connectivity index (χ4n) is 4.10. The SMILES string of the molecule is CC(O)c1ccc2ccn(C3CCN(CCc4ccc(F)cc4)CC3)c2c1. The lowest BCUT2D eigenvalue weighted by atomic mass is 10.0. The summed E-state index contributed by atoms with van der Waals surface area (Å²) in [6.45, 7) is 5.01. The molecule has 3 nitrogen and oxygen atoms in total. The second kappa shape index (κ2) is 7.83. The quantitative estimate of drug-likeness (QED) is 0.708. The van der Waals surface area contributed by atoms with Gasteiger partial charge in [0.1, 0.15) is 5.82 Å². The average molecular weight is 366 g/mol. The molecule has 3 aromatic rings. The lowest BCUT2D eigenvalue weighted by Crippen LogP contribution is -2.35. The van der Waals surface area contributed by atoms with E-state index < -0.39 is 6.10 Å². The molecule has 0 amide bonds. The molecule has 2 aromatic carbocycles. The summed E-state index contributed by atoms with van der Waals surface area (Å²) >= 11 is 0. The summed E-state index contributed by atoms with van der Waals surface area (Å²) in [5.41, 5.74) is 3.39. The van der Waals surface area contributed by atoms with Gasteiger partial charge in [-0.2, -0.15) is 0 Å². The number of fused-ring (bicyclic) bond motifs is 1. The third-order valence-electron chi connectivity index (χ3n) is 5.81. The van der Waals surface area contributed by atoms with Crippen LogP contribution < -0.4 is 0 Å². The van der Waals surface area contributed by atoms with Crippen molar-refractivity contribution in [3.8, 4) is 0 Å². The highest BCUT2D eigenvalue weighted by molar-refractivity contribution is 5.81. The molecule has 2 heterocycles. The number of aliphatic hydroxyl groups excluding tert-OH is 1. The van der Waals surface area contributed by atoms with Gasteiger partial charge in [-0.25, -0.2) is 4.39 Å². The lowest BCUT2D eigenvalue weighted by Gasteiger charge is -2.33. The summed E-state index contributed by atoms with van der Waals surface area (Å²) in [4.78, 5) is 2.51. The summed E-state index contributed by atoms with van der Waals surface area (Å²) in [7, 11) is 0. The highest BCUT2D eigenvalue weighted by atomic mass is 19.1. The number of likely N-dealkylation sites (tertiary alicyclic amines) is 1. The van der Waals surface area contributed by atoms with E-state index in [-0.39, 0.29) is 5.82 Å². The average Bonchev–Trinajstić information content (AvgIpc) is 3.11. The van der Waals surface area contributed by atoms with Gasteiger partial charge in [0.15, 0.2) is 0 Å². The molecule has 1 aliphatic rings. The molecule has 4 heteroatoms. The highest BCUT2D eigenvalue weighted by Crippen LogP contribution is 2.29. The summed E-state index contributed by atoms with van der Waals surface area (Å²) in [5, 5.41) is 11.1. The molecule has 1 unspecified atom stereocenters. The van der Waals surface area contributed by atoms with E-state index >= 15 is 0 Å². The molecule has 0 radical (unpaired) electrons. The van der Waals surface area contributed by atoms with Gasteiger partial charge in [-0.15, -0.1) is 0 Å². The Morgan fingerprint density at radius 3 is 2.52 bits per heavy atom. The van der Waals surface area contributed by atoms with E-state index in [0.29, 0.717) is 6.04 Å². The molecule has 1 aromatic heterocycles. The molecule has 4 rings (SSSR count). The minimum Gasteiger partial charge on any atom is -0.389 e. The van der Waals surface area contributed by atoms with E-state index in [2.05, 4.69) is 33.9 Å². The Balaban J connectivity index is 1.38. The third kappa shape index (κ3) is 4.07. The number of halogens is 1. The molecule has 1 aliphatic heterocycles. The highest BCUT2D eigenvalue weighted by Gasteiger charge is 2.21. The number of rotatable bonds is 5. The van der Waals surface area contributed by atoms with Gasteiger partial charge in [-0.1, -0.05) is 24.3 Å². The summed E-state index contributed by atoms with van der Waals surface area (Å²) in [6.07, 6.45) is 4.98. The Morgan fingerprint density at radius 2 is 1.81 bits per heavy atom. The smallest absolute Gasteiger partial charge is 0.123 e. The van der Waals surface area contributed by atoms with Crippen LogP contribution >= 0.6 is 0 Å². The fourth-order valence-corrected chi connectivity index (χ4v) is 4.10. The van der Waals surface area contributed by atoms with Gasteiger partial charge < -0.3 is 14.6 Å². The van der Waals surface area contributed by atoms with Crippen LogP contribution in [0.1, 0.15) is 43.0 Å². The molecule has 0 saturated carbocycles.